The van der Waals surface area contributed by atoms with Crippen molar-refractivity contribution >= 4 is 23.1 Å². The highest BCUT2D eigenvalue weighted by molar-refractivity contribution is 6.51. The number of nitrogens with zero attached hydrogens (tertiary/aromatic N) is 1. The Morgan fingerprint density at radius 2 is 1.70 bits per heavy atom. The molecule has 1 fully saturated rings. The predicted molar refractivity (Wildman–Crippen MR) is 142 cm³/mol. The Labute approximate surface area is 229 Å². The van der Waals surface area contributed by atoms with Crippen LogP contribution >= 0.6 is 0 Å². The molecule has 210 valence electrons. The van der Waals surface area contributed by atoms with Gasteiger partial charge in [0.05, 0.1) is 25.3 Å². The molecule has 0 aromatic heterocycles. The Bertz CT molecular complexity index is 1460. The minimum Gasteiger partial charge on any atom is -0.507 e. The number of amides is 1. The summed E-state index contributed by atoms with van der Waals surface area (Å²) in [6.07, 6.45) is -4.96. The van der Waals surface area contributed by atoms with Gasteiger partial charge in [0.25, 0.3) is 11.7 Å². The Kier molecular flexibility index (Phi) is 8.08. The zero-order valence-corrected chi connectivity index (χ0v) is 22.3. The Morgan fingerprint density at radius 1 is 1.00 bits per heavy atom. The van der Waals surface area contributed by atoms with E-state index in [2.05, 4.69) is 4.74 Å². The lowest BCUT2D eigenvalue weighted by molar-refractivity contribution is -0.274. The second kappa shape index (κ2) is 11.3. The van der Waals surface area contributed by atoms with Gasteiger partial charge in [0.1, 0.15) is 23.0 Å². The van der Waals surface area contributed by atoms with E-state index in [0.29, 0.717) is 35.2 Å². The number of carbonyl (C=O) groups excluding carboxylic acids is 2. The number of ether oxygens (including phenoxy) is 3. The van der Waals surface area contributed by atoms with Crippen LogP contribution in [0.1, 0.15) is 36.6 Å². The molecule has 1 aliphatic heterocycles. The molecule has 3 aromatic carbocycles. The molecule has 1 aliphatic rings. The van der Waals surface area contributed by atoms with Gasteiger partial charge in [-0.05, 0) is 66.4 Å². The predicted octanol–water partition coefficient (Wildman–Crippen LogP) is 6.56. The monoisotopic (exact) mass is 555 g/mol. The van der Waals surface area contributed by atoms with Gasteiger partial charge in [0.15, 0.2) is 0 Å². The third-order valence-electron chi connectivity index (χ3n) is 6.20. The van der Waals surface area contributed by atoms with Crippen LogP contribution in [0.5, 0.6) is 17.2 Å². The fourth-order valence-corrected chi connectivity index (χ4v) is 4.43. The number of methoxy groups -OCH3 is 1. The fourth-order valence-electron chi connectivity index (χ4n) is 4.43. The molecule has 1 saturated heterocycles. The highest BCUT2D eigenvalue weighted by Gasteiger charge is 2.47. The number of hydrogen-bond acceptors (Lipinski definition) is 6. The van der Waals surface area contributed by atoms with Gasteiger partial charge in [0, 0.05) is 17.3 Å². The van der Waals surface area contributed by atoms with Crippen LogP contribution in [-0.4, -0.2) is 36.9 Å². The van der Waals surface area contributed by atoms with Crippen LogP contribution in [0.25, 0.3) is 5.76 Å². The van der Waals surface area contributed by atoms with Crippen molar-refractivity contribution in [2.45, 2.75) is 33.2 Å². The first-order valence-corrected chi connectivity index (χ1v) is 12.4. The van der Waals surface area contributed by atoms with Gasteiger partial charge in [-0.3, -0.25) is 14.5 Å². The molecule has 4 rings (SSSR count). The standard InChI is InChI=1S/C30H28F3NO6/c1-17(2)16-39-24-12-11-20(13-18(24)3)27(35)25-26(19-7-5-9-22(14-19)38-4)34(29(37)28(25)36)21-8-6-10-23(15-21)40-30(31,32)33/h5-15,17,26,35H,16H2,1-4H3/b27-25+. The summed E-state index contributed by atoms with van der Waals surface area (Å²) >= 11 is 0. The average molecular weight is 556 g/mol. The summed E-state index contributed by atoms with van der Waals surface area (Å²) < 4.78 is 53.8. The van der Waals surface area contributed by atoms with E-state index >= 15 is 0 Å². The Morgan fingerprint density at radius 3 is 2.35 bits per heavy atom. The van der Waals surface area contributed by atoms with Crippen molar-refractivity contribution in [3.63, 3.8) is 0 Å². The molecule has 40 heavy (non-hydrogen) atoms. The Hall–Kier alpha value is -4.47. The van der Waals surface area contributed by atoms with E-state index in [0.717, 1.165) is 17.0 Å². The summed E-state index contributed by atoms with van der Waals surface area (Å²) in [5.41, 5.74) is 1.12. The van der Waals surface area contributed by atoms with Crippen molar-refractivity contribution in [3.05, 3.63) is 89.0 Å². The molecular weight excluding hydrogens is 527 g/mol. The van der Waals surface area contributed by atoms with E-state index in [1.54, 1.807) is 49.4 Å². The summed E-state index contributed by atoms with van der Waals surface area (Å²) in [5.74, 6) is -1.70. The number of aliphatic hydroxyl groups excluding tert-OH is 1. The first kappa shape index (κ1) is 28.5. The topological polar surface area (TPSA) is 85.3 Å². The molecule has 7 nitrogen and oxygen atoms in total. The maximum absolute atomic E-state index is 13.4. The molecule has 0 bridgehead atoms. The summed E-state index contributed by atoms with van der Waals surface area (Å²) in [6.45, 7) is 6.30. The molecule has 0 spiro atoms. The lowest BCUT2D eigenvalue weighted by atomic mass is 9.94. The first-order valence-electron chi connectivity index (χ1n) is 12.4. The molecule has 1 heterocycles. The van der Waals surface area contributed by atoms with E-state index in [4.69, 9.17) is 9.47 Å². The van der Waals surface area contributed by atoms with Crippen LogP contribution in [-0.2, 0) is 9.59 Å². The minimum absolute atomic E-state index is 0.0238. The van der Waals surface area contributed by atoms with Crippen LogP contribution in [0.3, 0.4) is 0 Å². The number of rotatable bonds is 8. The molecule has 0 saturated carbocycles. The molecular formula is C30H28F3NO6. The maximum Gasteiger partial charge on any atom is 0.573 e. The fraction of sp³-hybridized carbons (Fsp3) is 0.267. The highest BCUT2D eigenvalue weighted by atomic mass is 19.4. The summed E-state index contributed by atoms with van der Waals surface area (Å²) in [4.78, 5) is 27.8. The second-order valence-electron chi connectivity index (χ2n) is 9.68. The highest BCUT2D eigenvalue weighted by Crippen LogP contribution is 2.44. The number of hydrogen-bond donors (Lipinski definition) is 1. The molecule has 3 aromatic rings. The van der Waals surface area contributed by atoms with E-state index in [9.17, 15) is 27.9 Å². The molecule has 0 radical (unpaired) electrons. The minimum atomic E-state index is -4.96. The summed E-state index contributed by atoms with van der Waals surface area (Å²) in [5, 5.41) is 11.4. The molecule has 1 N–H and O–H groups in total. The van der Waals surface area contributed by atoms with Gasteiger partial charge < -0.3 is 19.3 Å². The van der Waals surface area contributed by atoms with Gasteiger partial charge in [-0.25, -0.2) is 0 Å². The van der Waals surface area contributed by atoms with Crippen molar-refractivity contribution in [3.8, 4) is 17.2 Å². The summed E-state index contributed by atoms with van der Waals surface area (Å²) in [6, 6.07) is 15.0. The number of ketones is 1. The molecule has 10 heteroatoms. The number of aliphatic hydroxyl groups is 1. The second-order valence-corrected chi connectivity index (χ2v) is 9.68. The molecule has 0 aliphatic carbocycles. The third kappa shape index (κ3) is 6.06. The van der Waals surface area contributed by atoms with Crippen molar-refractivity contribution in [2.24, 2.45) is 5.92 Å². The quantitative estimate of drug-likeness (QED) is 0.192. The first-order chi connectivity index (χ1) is 18.9. The molecule has 1 atom stereocenters. The van der Waals surface area contributed by atoms with Crippen LogP contribution in [0, 0.1) is 12.8 Å². The van der Waals surface area contributed by atoms with Crippen molar-refractivity contribution in [1.29, 1.82) is 0 Å². The van der Waals surface area contributed by atoms with Gasteiger partial charge in [0.2, 0.25) is 0 Å². The number of aryl methyl sites for hydroxylation is 1. The number of anilines is 1. The smallest absolute Gasteiger partial charge is 0.507 e. The maximum atomic E-state index is 13.4. The zero-order valence-electron chi connectivity index (χ0n) is 22.3. The van der Waals surface area contributed by atoms with E-state index in [-0.39, 0.29) is 16.8 Å². The largest absolute Gasteiger partial charge is 0.573 e. The third-order valence-corrected chi connectivity index (χ3v) is 6.20. The van der Waals surface area contributed by atoms with Crippen LogP contribution in [0.4, 0.5) is 18.9 Å². The van der Waals surface area contributed by atoms with Crippen molar-refractivity contribution in [2.75, 3.05) is 18.6 Å². The number of halogens is 3. The van der Waals surface area contributed by atoms with Gasteiger partial charge in [-0.1, -0.05) is 32.0 Å². The number of benzene rings is 3. The number of carbonyl (C=O) groups is 2. The molecule has 1 unspecified atom stereocenters. The summed E-state index contributed by atoms with van der Waals surface area (Å²) in [7, 11) is 1.44. The Balaban J connectivity index is 1.86. The van der Waals surface area contributed by atoms with Crippen molar-refractivity contribution < 1.29 is 42.1 Å². The number of Topliss-reactive ketones (excluding diaryl/α,β-unsaturated/α-hetero) is 1. The lowest BCUT2D eigenvalue weighted by Crippen LogP contribution is -2.29. The van der Waals surface area contributed by atoms with Crippen LogP contribution in [0.2, 0.25) is 0 Å². The zero-order chi connectivity index (χ0) is 29.2. The van der Waals surface area contributed by atoms with E-state index in [1.165, 1.54) is 19.2 Å². The van der Waals surface area contributed by atoms with Gasteiger partial charge >= 0.3 is 6.36 Å². The van der Waals surface area contributed by atoms with Crippen LogP contribution < -0.4 is 19.1 Å². The normalized spacial score (nSPS) is 16.9. The molecule has 1 amide bonds. The van der Waals surface area contributed by atoms with Gasteiger partial charge in [-0.2, -0.15) is 0 Å². The SMILES string of the molecule is COc1cccc(C2/C(=C(\O)c3ccc(OCC(C)C)c(C)c3)C(=O)C(=O)N2c2cccc(OC(F)(F)F)c2)c1. The van der Waals surface area contributed by atoms with Crippen LogP contribution in [0.15, 0.2) is 72.3 Å². The van der Waals surface area contributed by atoms with Gasteiger partial charge in [-0.15, -0.1) is 13.2 Å². The van der Waals surface area contributed by atoms with Crippen molar-refractivity contribution in [1.82, 2.24) is 0 Å². The van der Waals surface area contributed by atoms with E-state index < -0.39 is 35.6 Å². The lowest BCUT2D eigenvalue weighted by Gasteiger charge is -2.26. The van der Waals surface area contributed by atoms with E-state index in [1.807, 2.05) is 13.8 Å². The average Bonchev–Trinajstić information content (AvgIpc) is 3.16. The number of alkyl halides is 3.